The van der Waals surface area contributed by atoms with Gasteiger partial charge in [0.25, 0.3) is 0 Å². The molecule has 0 spiro atoms. The molecule has 0 aliphatic heterocycles. The van der Waals surface area contributed by atoms with E-state index in [1.54, 1.807) is 11.3 Å². The van der Waals surface area contributed by atoms with Crippen LogP contribution in [0.25, 0.3) is 0 Å². The molecule has 0 bridgehead atoms. The summed E-state index contributed by atoms with van der Waals surface area (Å²) in [5.74, 6) is 0.355. The van der Waals surface area contributed by atoms with Gasteiger partial charge in [-0.15, -0.1) is 11.3 Å². The largest absolute Gasteiger partial charge is 0.355 e. The average Bonchev–Trinajstić information content (AvgIpc) is 3.03. The first-order valence-corrected chi connectivity index (χ1v) is 9.25. The van der Waals surface area contributed by atoms with Gasteiger partial charge in [-0.3, -0.25) is 9.48 Å². The summed E-state index contributed by atoms with van der Waals surface area (Å²) in [5.41, 5.74) is 3.08. The quantitative estimate of drug-likeness (QED) is 0.872. The molecular formula is C18H28N4OS. The molecule has 2 aromatic rings. The zero-order valence-corrected chi connectivity index (χ0v) is 16.3. The maximum Gasteiger partial charge on any atom is 0.226 e. The maximum absolute atomic E-state index is 12.1. The lowest BCUT2D eigenvalue weighted by molar-refractivity contribution is -0.120. The highest BCUT2D eigenvalue weighted by molar-refractivity contribution is 7.09. The van der Waals surface area contributed by atoms with E-state index in [2.05, 4.69) is 56.1 Å². The topological polar surface area (TPSA) is 59.8 Å². The lowest BCUT2D eigenvalue weighted by Crippen LogP contribution is -2.31. The molecule has 24 heavy (non-hydrogen) atoms. The summed E-state index contributed by atoms with van der Waals surface area (Å²) >= 11 is 1.63. The van der Waals surface area contributed by atoms with Crippen molar-refractivity contribution in [3.05, 3.63) is 33.5 Å². The number of thiazole rings is 1. The van der Waals surface area contributed by atoms with Crippen LogP contribution < -0.4 is 5.32 Å². The molecular weight excluding hydrogens is 320 g/mol. The number of hydrogen-bond donors (Lipinski definition) is 1. The van der Waals surface area contributed by atoms with E-state index in [0.29, 0.717) is 18.9 Å². The van der Waals surface area contributed by atoms with Crippen molar-refractivity contribution in [2.45, 2.75) is 59.9 Å². The number of aromatic nitrogens is 3. The highest BCUT2D eigenvalue weighted by Crippen LogP contribution is 2.25. The molecule has 5 nitrogen and oxygen atoms in total. The first-order chi connectivity index (χ1) is 11.1. The summed E-state index contributed by atoms with van der Waals surface area (Å²) in [5, 5.41) is 10.5. The normalized spacial score (nSPS) is 13.1. The van der Waals surface area contributed by atoms with Crippen LogP contribution in [0.2, 0.25) is 0 Å². The molecule has 0 aromatic carbocycles. The third-order valence-electron chi connectivity index (χ3n) is 3.77. The average molecular weight is 349 g/mol. The highest BCUT2D eigenvalue weighted by Gasteiger charge is 2.19. The zero-order chi connectivity index (χ0) is 17.9. The van der Waals surface area contributed by atoms with Crippen LogP contribution in [-0.2, 0) is 23.2 Å². The summed E-state index contributed by atoms with van der Waals surface area (Å²) in [7, 11) is 0. The minimum Gasteiger partial charge on any atom is -0.355 e. The fourth-order valence-electron chi connectivity index (χ4n) is 2.47. The lowest BCUT2D eigenvalue weighted by atomic mass is 9.98. The van der Waals surface area contributed by atoms with Gasteiger partial charge >= 0.3 is 0 Å². The Bertz CT molecular complexity index is 696. The van der Waals surface area contributed by atoms with Crippen LogP contribution in [0.1, 0.15) is 49.8 Å². The Morgan fingerprint density at radius 3 is 2.62 bits per heavy atom. The first-order valence-electron chi connectivity index (χ1n) is 8.38. The second kappa shape index (κ2) is 7.47. The van der Waals surface area contributed by atoms with Crippen LogP contribution >= 0.6 is 11.3 Å². The van der Waals surface area contributed by atoms with E-state index in [1.807, 2.05) is 17.0 Å². The number of hydrogen-bond acceptors (Lipinski definition) is 4. The van der Waals surface area contributed by atoms with Crippen molar-refractivity contribution in [1.29, 1.82) is 0 Å². The van der Waals surface area contributed by atoms with E-state index >= 15 is 0 Å². The van der Waals surface area contributed by atoms with Crippen LogP contribution in [0.15, 0.2) is 11.4 Å². The monoisotopic (exact) mass is 348 g/mol. The van der Waals surface area contributed by atoms with Crippen molar-refractivity contribution in [3.63, 3.8) is 0 Å². The Hall–Kier alpha value is -1.69. The summed E-state index contributed by atoms with van der Waals surface area (Å²) in [6, 6.07) is 2.07. The zero-order valence-electron chi connectivity index (χ0n) is 15.5. The Balaban J connectivity index is 1.80. The molecule has 6 heteroatoms. The van der Waals surface area contributed by atoms with Crippen LogP contribution in [0.4, 0.5) is 0 Å². The Labute approximate surface area is 148 Å². The number of carbonyl (C=O) groups is 1. The fourth-order valence-corrected chi connectivity index (χ4v) is 3.37. The van der Waals surface area contributed by atoms with Crippen LogP contribution in [-0.4, -0.2) is 27.2 Å². The van der Waals surface area contributed by atoms with Gasteiger partial charge in [0.1, 0.15) is 0 Å². The summed E-state index contributed by atoms with van der Waals surface area (Å²) in [6.07, 6.45) is 0.346. The SMILES string of the molecule is Cc1cc(C)n(C[C@H](C)CNC(=O)Cc2csc(C(C)(C)C)n2)n1. The molecule has 2 aromatic heterocycles. The van der Waals surface area contributed by atoms with Gasteiger partial charge in [0.2, 0.25) is 5.91 Å². The van der Waals surface area contributed by atoms with Crippen molar-refractivity contribution >= 4 is 17.2 Å². The smallest absolute Gasteiger partial charge is 0.226 e. The third kappa shape index (κ3) is 5.16. The number of rotatable bonds is 6. The minimum absolute atomic E-state index is 0.0287. The number of nitrogens with zero attached hydrogens (tertiary/aromatic N) is 3. The Morgan fingerprint density at radius 1 is 1.38 bits per heavy atom. The van der Waals surface area contributed by atoms with Crippen molar-refractivity contribution < 1.29 is 4.79 Å². The maximum atomic E-state index is 12.1. The highest BCUT2D eigenvalue weighted by atomic mass is 32.1. The van der Waals surface area contributed by atoms with Gasteiger partial charge in [-0.1, -0.05) is 27.7 Å². The predicted octanol–water partition coefficient (Wildman–Crippen LogP) is 3.25. The number of aryl methyl sites for hydroxylation is 2. The molecule has 132 valence electrons. The molecule has 1 amide bonds. The molecule has 0 aliphatic carbocycles. The minimum atomic E-state index is 0.0287. The number of amides is 1. The van der Waals surface area contributed by atoms with E-state index in [1.165, 1.54) is 0 Å². The third-order valence-corrected chi connectivity index (χ3v) is 5.09. The second-order valence-corrected chi connectivity index (χ2v) is 8.45. The van der Waals surface area contributed by atoms with Gasteiger partial charge in [0.05, 0.1) is 22.8 Å². The predicted molar refractivity (Wildman–Crippen MR) is 98.4 cm³/mol. The molecule has 1 N–H and O–H groups in total. The van der Waals surface area contributed by atoms with Gasteiger partial charge in [-0.05, 0) is 25.8 Å². The molecule has 0 saturated heterocycles. The Kier molecular flexibility index (Phi) is 5.80. The summed E-state index contributed by atoms with van der Waals surface area (Å²) in [6.45, 7) is 14.0. The Morgan fingerprint density at radius 2 is 2.08 bits per heavy atom. The summed E-state index contributed by atoms with van der Waals surface area (Å²) < 4.78 is 2.00. The van der Waals surface area contributed by atoms with Gasteiger partial charge in [-0.25, -0.2) is 4.98 Å². The molecule has 1 atom stereocenters. The van der Waals surface area contributed by atoms with E-state index < -0.39 is 0 Å². The van der Waals surface area contributed by atoms with Crippen LogP contribution in [0, 0.1) is 19.8 Å². The molecule has 0 aliphatic rings. The van der Waals surface area contributed by atoms with Crippen molar-refractivity contribution in [3.8, 4) is 0 Å². The van der Waals surface area contributed by atoms with Crippen LogP contribution in [0.5, 0.6) is 0 Å². The van der Waals surface area contributed by atoms with Gasteiger partial charge < -0.3 is 5.32 Å². The second-order valence-electron chi connectivity index (χ2n) is 7.59. The van der Waals surface area contributed by atoms with E-state index in [4.69, 9.17) is 0 Å². The fraction of sp³-hybridized carbons (Fsp3) is 0.611. The van der Waals surface area contributed by atoms with Crippen molar-refractivity contribution in [2.24, 2.45) is 5.92 Å². The van der Waals surface area contributed by atoms with Gasteiger partial charge in [0.15, 0.2) is 0 Å². The molecule has 0 unspecified atom stereocenters. The molecule has 0 saturated carbocycles. The molecule has 2 heterocycles. The molecule has 0 fully saturated rings. The van der Waals surface area contributed by atoms with Gasteiger partial charge in [-0.2, -0.15) is 5.10 Å². The summed E-state index contributed by atoms with van der Waals surface area (Å²) in [4.78, 5) is 16.7. The van der Waals surface area contributed by atoms with E-state index in [-0.39, 0.29) is 11.3 Å². The molecule has 0 radical (unpaired) electrons. The van der Waals surface area contributed by atoms with Crippen LogP contribution in [0.3, 0.4) is 0 Å². The molecule has 2 rings (SSSR count). The van der Waals surface area contributed by atoms with E-state index in [9.17, 15) is 4.79 Å². The van der Waals surface area contributed by atoms with E-state index in [0.717, 1.165) is 28.6 Å². The number of carbonyl (C=O) groups excluding carboxylic acids is 1. The first kappa shape index (κ1) is 18.6. The standard InChI is InChI=1S/C18H28N4OS/c1-12(10-22-14(3)7-13(2)21-22)9-19-16(23)8-15-11-24-17(20-15)18(4,5)6/h7,11-12H,8-10H2,1-6H3,(H,19,23)/t12-/m1/s1. The van der Waals surface area contributed by atoms with Crippen molar-refractivity contribution in [2.75, 3.05) is 6.54 Å². The lowest BCUT2D eigenvalue weighted by Gasteiger charge is -2.14. The van der Waals surface area contributed by atoms with Gasteiger partial charge in [0, 0.05) is 29.6 Å². The number of nitrogens with one attached hydrogen (secondary N) is 1. The van der Waals surface area contributed by atoms with Crippen molar-refractivity contribution in [1.82, 2.24) is 20.1 Å².